The Morgan fingerprint density at radius 3 is 1.92 bits per heavy atom. The lowest BCUT2D eigenvalue weighted by molar-refractivity contribution is -0.162. The molecule has 0 saturated heterocycles. The van der Waals surface area contributed by atoms with E-state index in [9.17, 15) is 9.59 Å². The van der Waals surface area contributed by atoms with Gasteiger partial charge in [-0.1, -0.05) is 59.8 Å². The fraction of sp³-hybridized carbons (Fsp3) is 0.900. The molecule has 1 aliphatic rings. The zero-order chi connectivity index (χ0) is 17.9. The highest BCUT2D eigenvalue weighted by molar-refractivity contribution is 5.82. The summed E-state index contributed by atoms with van der Waals surface area (Å²) in [5.41, 5.74) is 0. The molecule has 0 heterocycles. The van der Waals surface area contributed by atoms with E-state index in [1.165, 1.54) is 0 Å². The standard InChI is InChI=1S/C20H36O4/c1-5-10-16(6-2)14-24-20(22)18-12-9-7-8-11-17(18)19(21)23-13-15(3)4/h15-18H,5-14H2,1-4H3. The van der Waals surface area contributed by atoms with E-state index < -0.39 is 0 Å². The van der Waals surface area contributed by atoms with Crippen LogP contribution in [0.5, 0.6) is 0 Å². The van der Waals surface area contributed by atoms with E-state index in [-0.39, 0.29) is 23.8 Å². The molecule has 0 aromatic rings. The number of rotatable bonds is 9. The van der Waals surface area contributed by atoms with Crippen molar-refractivity contribution in [3.05, 3.63) is 0 Å². The molecule has 0 aliphatic heterocycles. The van der Waals surface area contributed by atoms with Crippen molar-refractivity contribution >= 4 is 11.9 Å². The highest BCUT2D eigenvalue weighted by Crippen LogP contribution is 2.31. The van der Waals surface area contributed by atoms with Gasteiger partial charge in [0.15, 0.2) is 0 Å². The summed E-state index contributed by atoms with van der Waals surface area (Å²) in [6.07, 6.45) is 7.72. The molecular formula is C20H36O4. The summed E-state index contributed by atoms with van der Waals surface area (Å²) in [4.78, 5) is 25.0. The maximum Gasteiger partial charge on any atom is 0.309 e. The average Bonchev–Trinajstić information content (AvgIpc) is 2.82. The van der Waals surface area contributed by atoms with Crippen molar-refractivity contribution in [2.75, 3.05) is 13.2 Å². The average molecular weight is 341 g/mol. The van der Waals surface area contributed by atoms with Gasteiger partial charge in [0.2, 0.25) is 0 Å². The molecule has 0 aromatic heterocycles. The molecule has 4 heteroatoms. The van der Waals surface area contributed by atoms with Gasteiger partial charge in [0.05, 0.1) is 25.0 Å². The summed E-state index contributed by atoms with van der Waals surface area (Å²) in [5, 5.41) is 0. The lowest BCUT2D eigenvalue weighted by Gasteiger charge is -2.24. The third-order valence-electron chi connectivity index (χ3n) is 4.92. The van der Waals surface area contributed by atoms with Crippen LogP contribution < -0.4 is 0 Å². The van der Waals surface area contributed by atoms with Crippen LogP contribution in [0.2, 0.25) is 0 Å². The zero-order valence-electron chi connectivity index (χ0n) is 16.0. The van der Waals surface area contributed by atoms with Crippen LogP contribution in [-0.4, -0.2) is 25.2 Å². The first-order chi connectivity index (χ1) is 11.5. The second kappa shape index (κ2) is 11.5. The molecule has 0 radical (unpaired) electrons. The monoisotopic (exact) mass is 340 g/mol. The molecule has 1 aliphatic carbocycles. The van der Waals surface area contributed by atoms with Crippen molar-refractivity contribution in [1.29, 1.82) is 0 Å². The van der Waals surface area contributed by atoms with Crippen LogP contribution in [-0.2, 0) is 19.1 Å². The van der Waals surface area contributed by atoms with E-state index in [4.69, 9.17) is 9.47 Å². The topological polar surface area (TPSA) is 52.6 Å². The Hall–Kier alpha value is -1.06. The van der Waals surface area contributed by atoms with Crippen molar-refractivity contribution in [1.82, 2.24) is 0 Å². The molecule has 140 valence electrons. The Labute approximate surface area is 147 Å². The highest BCUT2D eigenvalue weighted by atomic mass is 16.5. The summed E-state index contributed by atoms with van der Waals surface area (Å²) in [7, 11) is 0. The summed E-state index contributed by atoms with van der Waals surface area (Å²) in [6, 6.07) is 0. The lowest BCUT2D eigenvalue weighted by Crippen LogP contribution is -2.33. The minimum atomic E-state index is -0.329. The molecule has 3 unspecified atom stereocenters. The number of esters is 2. The molecule has 0 bridgehead atoms. The molecule has 1 fully saturated rings. The van der Waals surface area contributed by atoms with Crippen molar-refractivity contribution in [2.45, 2.75) is 79.1 Å². The fourth-order valence-electron chi connectivity index (χ4n) is 3.35. The third kappa shape index (κ3) is 7.23. The van der Waals surface area contributed by atoms with E-state index in [0.29, 0.717) is 25.0 Å². The summed E-state index contributed by atoms with van der Waals surface area (Å²) in [5.74, 6) is -0.331. The Balaban J connectivity index is 2.64. The molecule has 0 amide bonds. The third-order valence-corrected chi connectivity index (χ3v) is 4.92. The molecule has 1 rings (SSSR count). The first-order valence-electron chi connectivity index (χ1n) is 9.82. The number of carbonyl (C=O) groups excluding carboxylic acids is 2. The van der Waals surface area contributed by atoms with E-state index in [0.717, 1.165) is 51.4 Å². The van der Waals surface area contributed by atoms with Crippen molar-refractivity contribution in [3.63, 3.8) is 0 Å². The molecular weight excluding hydrogens is 304 g/mol. The van der Waals surface area contributed by atoms with Crippen LogP contribution in [0.25, 0.3) is 0 Å². The Morgan fingerprint density at radius 2 is 1.46 bits per heavy atom. The van der Waals surface area contributed by atoms with Gasteiger partial charge in [0.1, 0.15) is 0 Å². The smallest absolute Gasteiger partial charge is 0.309 e. The van der Waals surface area contributed by atoms with E-state index >= 15 is 0 Å². The van der Waals surface area contributed by atoms with Crippen molar-refractivity contribution in [3.8, 4) is 0 Å². The molecule has 0 aromatic carbocycles. The minimum absolute atomic E-state index is 0.196. The van der Waals surface area contributed by atoms with E-state index in [1.807, 2.05) is 13.8 Å². The SMILES string of the molecule is CCCC(CC)COC(=O)C1CCCCCC1C(=O)OCC(C)C. The van der Waals surface area contributed by atoms with Crippen LogP contribution >= 0.6 is 0 Å². The molecule has 0 N–H and O–H groups in total. The van der Waals surface area contributed by atoms with Gasteiger partial charge in [-0.15, -0.1) is 0 Å². The molecule has 1 saturated carbocycles. The quantitative estimate of drug-likeness (QED) is 0.449. The number of ether oxygens (including phenoxy) is 2. The highest BCUT2D eigenvalue weighted by Gasteiger charge is 2.37. The van der Waals surface area contributed by atoms with Gasteiger partial charge < -0.3 is 9.47 Å². The van der Waals surface area contributed by atoms with Gasteiger partial charge in [-0.05, 0) is 31.1 Å². The minimum Gasteiger partial charge on any atom is -0.465 e. The maximum atomic E-state index is 12.6. The van der Waals surface area contributed by atoms with E-state index in [2.05, 4.69) is 13.8 Å². The molecule has 0 spiro atoms. The summed E-state index contributed by atoms with van der Waals surface area (Å²) in [6.45, 7) is 9.22. The number of hydrogen-bond acceptors (Lipinski definition) is 4. The molecule has 4 nitrogen and oxygen atoms in total. The van der Waals surface area contributed by atoms with Crippen LogP contribution in [0.4, 0.5) is 0 Å². The fourth-order valence-corrected chi connectivity index (χ4v) is 3.35. The van der Waals surface area contributed by atoms with Crippen molar-refractivity contribution < 1.29 is 19.1 Å². The second-order valence-electron chi connectivity index (χ2n) is 7.57. The predicted molar refractivity (Wildman–Crippen MR) is 95.5 cm³/mol. The lowest BCUT2D eigenvalue weighted by atomic mass is 9.88. The Bertz CT molecular complexity index is 378. The first kappa shape index (κ1) is 21.0. The van der Waals surface area contributed by atoms with Gasteiger partial charge in [-0.25, -0.2) is 0 Å². The van der Waals surface area contributed by atoms with Gasteiger partial charge >= 0.3 is 11.9 Å². The normalized spacial score (nSPS) is 22.7. The van der Waals surface area contributed by atoms with Crippen molar-refractivity contribution in [2.24, 2.45) is 23.7 Å². The largest absolute Gasteiger partial charge is 0.465 e. The Morgan fingerprint density at radius 1 is 0.917 bits per heavy atom. The van der Waals surface area contributed by atoms with E-state index in [1.54, 1.807) is 0 Å². The number of hydrogen-bond donors (Lipinski definition) is 0. The summed E-state index contributed by atoms with van der Waals surface area (Å²) < 4.78 is 11.0. The van der Waals surface area contributed by atoms with Crippen LogP contribution in [0.3, 0.4) is 0 Å². The second-order valence-corrected chi connectivity index (χ2v) is 7.57. The maximum absolute atomic E-state index is 12.6. The number of carbonyl (C=O) groups is 2. The first-order valence-corrected chi connectivity index (χ1v) is 9.82. The zero-order valence-corrected chi connectivity index (χ0v) is 16.0. The van der Waals surface area contributed by atoms with Crippen LogP contribution in [0.15, 0.2) is 0 Å². The Kier molecular flexibility index (Phi) is 10.0. The van der Waals surface area contributed by atoms with Gasteiger partial charge in [-0.2, -0.15) is 0 Å². The van der Waals surface area contributed by atoms with Gasteiger partial charge in [0, 0.05) is 0 Å². The van der Waals surface area contributed by atoms with Gasteiger partial charge in [0.25, 0.3) is 0 Å². The van der Waals surface area contributed by atoms with Crippen LogP contribution in [0, 0.1) is 23.7 Å². The molecule has 24 heavy (non-hydrogen) atoms. The van der Waals surface area contributed by atoms with Gasteiger partial charge in [-0.3, -0.25) is 9.59 Å². The predicted octanol–water partition coefficient (Wildman–Crippen LogP) is 4.75. The molecule has 3 atom stereocenters. The summed E-state index contributed by atoms with van der Waals surface area (Å²) >= 11 is 0. The van der Waals surface area contributed by atoms with Crippen LogP contribution in [0.1, 0.15) is 79.1 Å².